The molecule has 2 aromatic rings. The zero-order chi connectivity index (χ0) is 13.7. The van der Waals surface area contributed by atoms with Crippen LogP contribution < -0.4 is 0 Å². The van der Waals surface area contributed by atoms with Gasteiger partial charge < -0.3 is 5.11 Å². The van der Waals surface area contributed by atoms with Crippen LogP contribution in [0.2, 0.25) is 0 Å². The molecule has 2 aliphatic carbocycles. The molecule has 4 unspecified atom stereocenters. The Kier molecular flexibility index (Phi) is 2.81. The molecule has 2 aromatic carbocycles. The van der Waals surface area contributed by atoms with E-state index in [4.69, 9.17) is 0 Å². The van der Waals surface area contributed by atoms with Gasteiger partial charge >= 0.3 is 0 Å². The predicted octanol–water partition coefficient (Wildman–Crippen LogP) is 4.45. The lowest BCUT2D eigenvalue weighted by Crippen LogP contribution is -2.19. The van der Waals surface area contributed by atoms with E-state index in [1.54, 1.807) is 12.1 Å². The average molecular weight is 270 g/mol. The molecule has 2 fully saturated rings. The Morgan fingerprint density at radius 3 is 2.50 bits per heavy atom. The van der Waals surface area contributed by atoms with Gasteiger partial charge in [0.15, 0.2) is 0 Å². The van der Waals surface area contributed by atoms with Gasteiger partial charge in [-0.1, -0.05) is 36.8 Å². The van der Waals surface area contributed by atoms with Gasteiger partial charge in [0.25, 0.3) is 0 Å². The van der Waals surface area contributed by atoms with E-state index in [0.717, 1.165) is 23.3 Å². The first-order valence-electron chi connectivity index (χ1n) is 7.59. The number of benzene rings is 2. The summed E-state index contributed by atoms with van der Waals surface area (Å²) in [4.78, 5) is 0. The maximum atomic E-state index is 13.9. The van der Waals surface area contributed by atoms with Gasteiger partial charge in [-0.25, -0.2) is 4.39 Å². The van der Waals surface area contributed by atoms with Gasteiger partial charge in [0.1, 0.15) is 5.82 Å². The van der Waals surface area contributed by atoms with Crippen LogP contribution in [0.25, 0.3) is 10.8 Å². The Balaban J connectivity index is 1.77. The smallest absolute Gasteiger partial charge is 0.131 e. The minimum atomic E-state index is -0.448. The number of hydrogen-bond acceptors (Lipinski definition) is 1. The van der Waals surface area contributed by atoms with Gasteiger partial charge in [-0.2, -0.15) is 0 Å². The van der Waals surface area contributed by atoms with Crippen LogP contribution in [0.1, 0.15) is 37.4 Å². The van der Waals surface area contributed by atoms with Crippen LogP contribution in [0, 0.1) is 23.6 Å². The third-order valence-corrected chi connectivity index (χ3v) is 5.42. The van der Waals surface area contributed by atoms with Crippen molar-refractivity contribution in [1.82, 2.24) is 0 Å². The normalized spacial score (nSPS) is 30.0. The highest BCUT2D eigenvalue weighted by Gasteiger charge is 2.43. The number of hydrogen-bond donors (Lipinski definition) is 1. The molecule has 20 heavy (non-hydrogen) atoms. The molecule has 2 aliphatic rings. The van der Waals surface area contributed by atoms with E-state index in [0.29, 0.717) is 17.2 Å². The van der Waals surface area contributed by atoms with Gasteiger partial charge in [0.2, 0.25) is 0 Å². The maximum absolute atomic E-state index is 13.9. The first-order valence-corrected chi connectivity index (χ1v) is 7.59. The van der Waals surface area contributed by atoms with Crippen molar-refractivity contribution < 1.29 is 9.50 Å². The van der Waals surface area contributed by atoms with Crippen LogP contribution in [0.15, 0.2) is 36.4 Å². The molecule has 0 spiro atoms. The van der Waals surface area contributed by atoms with Crippen LogP contribution in [-0.2, 0) is 0 Å². The second-order valence-electron chi connectivity index (χ2n) is 6.47. The molecule has 2 bridgehead atoms. The standard InChI is InChI=1S/C18H19FO/c19-17-8-7-15(13-3-1-2-4-14(13)17)18(20)16-10-11-5-6-12(16)9-11/h1-4,7-8,11-12,16,18,20H,5-6,9-10H2. The summed E-state index contributed by atoms with van der Waals surface area (Å²) in [6, 6.07) is 10.7. The van der Waals surface area contributed by atoms with Gasteiger partial charge in [-0.05, 0) is 54.0 Å². The molecule has 4 atom stereocenters. The van der Waals surface area contributed by atoms with Crippen LogP contribution in [-0.4, -0.2) is 5.11 Å². The molecule has 0 aliphatic heterocycles. The summed E-state index contributed by atoms with van der Waals surface area (Å²) in [5.74, 6) is 1.64. The maximum Gasteiger partial charge on any atom is 0.131 e. The molecular formula is C18H19FO. The molecule has 0 heterocycles. The van der Waals surface area contributed by atoms with Gasteiger partial charge in [-0.3, -0.25) is 0 Å². The minimum Gasteiger partial charge on any atom is -0.388 e. The topological polar surface area (TPSA) is 20.2 Å². The average Bonchev–Trinajstić information content (AvgIpc) is 3.10. The number of fused-ring (bicyclic) bond motifs is 3. The molecular weight excluding hydrogens is 251 g/mol. The van der Waals surface area contributed by atoms with Crippen LogP contribution in [0.5, 0.6) is 0 Å². The molecule has 2 heteroatoms. The van der Waals surface area contributed by atoms with E-state index >= 15 is 0 Å². The quantitative estimate of drug-likeness (QED) is 0.855. The number of rotatable bonds is 2. The number of aliphatic hydroxyl groups excluding tert-OH is 1. The second-order valence-corrected chi connectivity index (χ2v) is 6.47. The van der Waals surface area contributed by atoms with Gasteiger partial charge in [-0.15, -0.1) is 0 Å². The molecule has 2 saturated carbocycles. The van der Waals surface area contributed by atoms with Crippen molar-refractivity contribution in [2.24, 2.45) is 17.8 Å². The minimum absolute atomic E-state index is 0.204. The van der Waals surface area contributed by atoms with Gasteiger partial charge in [0.05, 0.1) is 6.10 Å². The van der Waals surface area contributed by atoms with E-state index in [1.165, 1.54) is 25.3 Å². The fourth-order valence-corrected chi connectivity index (χ4v) is 4.45. The fraction of sp³-hybridized carbons (Fsp3) is 0.444. The lowest BCUT2D eigenvalue weighted by molar-refractivity contribution is 0.0757. The van der Waals surface area contributed by atoms with E-state index in [-0.39, 0.29) is 5.82 Å². The number of halogens is 1. The van der Waals surface area contributed by atoms with Crippen LogP contribution in [0.4, 0.5) is 4.39 Å². The first kappa shape index (κ1) is 12.3. The van der Waals surface area contributed by atoms with Crippen molar-refractivity contribution >= 4 is 10.8 Å². The van der Waals surface area contributed by atoms with Crippen LogP contribution in [0.3, 0.4) is 0 Å². The van der Waals surface area contributed by atoms with Crippen molar-refractivity contribution in [3.63, 3.8) is 0 Å². The third-order valence-electron chi connectivity index (χ3n) is 5.42. The molecule has 0 saturated heterocycles. The first-order chi connectivity index (χ1) is 9.74. The Hall–Kier alpha value is -1.41. The highest BCUT2D eigenvalue weighted by atomic mass is 19.1. The molecule has 1 N–H and O–H groups in total. The lowest BCUT2D eigenvalue weighted by atomic mass is 9.81. The van der Waals surface area contributed by atoms with E-state index < -0.39 is 6.10 Å². The molecule has 0 aromatic heterocycles. The van der Waals surface area contributed by atoms with Crippen molar-refractivity contribution in [3.05, 3.63) is 47.8 Å². The highest BCUT2D eigenvalue weighted by Crippen LogP contribution is 2.53. The summed E-state index contributed by atoms with van der Waals surface area (Å²) in [6.45, 7) is 0. The summed E-state index contributed by atoms with van der Waals surface area (Å²) in [6.07, 6.45) is 4.55. The second kappa shape index (κ2) is 4.56. The zero-order valence-electron chi connectivity index (χ0n) is 11.4. The van der Waals surface area contributed by atoms with Crippen molar-refractivity contribution in [2.75, 3.05) is 0 Å². The predicted molar refractivity (Wildman–Crippen MR) is 77.8 cm³/mol. The zero-order valence-corrected chi connectivity index (χ0v) is 11.4. The Labute approximate surface area is 118 Å². The summed E-state index contributed by atoms with van der Waals surface area (Å²) in [7, 11) is 0. The van der Waals surface area contributed by atoms with Crippen molar-refractivity contribution in [3.8, 4) is 0 Å². The largest absolute Gasteiger partial charge is 0.388 e. The molecule has 0 amide bonds. The third kappa shape index (κ3) is 1.78. The van der Waals surface area contributed by atoms with Gasteiger partial charge in [0, 0.05) is 5.39 Å². The van der Waals surface area contributed by atoms with Crippen molar-refractivity contribution in [2.45, 2.75) is 31.8 Å². The highest BCUT2D eigenvalue weighted by molar-refractivity contribution is 5.86. The molecule has 0 radical (unpaired) electrons. The Bertz CT molecular complexity index is 651. The summed E-state index contributed by atoms with van der Waals surface area (Å²) >= 11 is 0. The monoisotopic (exact) mass is 270 g/mol. The fourth-order valence-electron chi connectivity index (χ4n) is 4.45. The lowest BCUT2D eigenvalue weighted by Gasteiger charge is -2.28. The number of aliphatic hydroxyl groups is 1. The Morgan fingerprint density at radius 1 is 1.00 bits per heavy atom. The summed E-state index contributed by atoms with van der Waals surface area (Å²) in [5.41, 5.74) is 0.902. The summed E-state index contributed by atoms with van der Waals surface area (Å²) < 4.78 is 13.9. The van der Waals surface area contributed by atoms with Crippen LogP contribution >= 0.6 is 0 Å². The van der Waals surface area contributed by atoms with Crippen molar-refractivity contribution in [1.29, 1.82) is 0 Å². The molecule has 104 valence electrons. The van der Waals surface area contributed by atoms with E-state index in [9.17, 15) is 9.50 Å². The summed E-state index contributed by atoms with van der Waals surface area (Å²) in [5, 5.41) is 12.3. The van der Waals surface area contributed by atoms with E-state index in [1.807, 2.05) is 18.2 Å². The molecule has 4 rings (SSSR count). The molecule has 1 nitrogen and oxygen atoms in total. The van der Waals surface area contributed by atoms with E-state index in [2.05, 4.69) is 0 Å². The Morgan fingerprint density at radius 2 is 1.80 bits per heavy atom. The SMILES string of the molecule is OC(c1ccc(F)c2ccccc12)C1CC2CCC1C2.